The van der Waals surface area contributed by atoms with Gasteiger partial charge in [0.05, 0.1) is 0 Å². The fraction of sp³-hybridized carbons (Fsp3) is 0.125. The first-order valence-corrected chi connectivity index (χ1v) is 12.4. The summed E-state index contributed by atoms with van der Waals surface area (Å²) in [4.78, 5) is 0. The van der Waals surface area contributed by atoms with Crippen LogP contribution < -0.4 is 15.3 Å². The quantitative estimate of drug-likeness (QED) is 0.308. The monoisotopic (exact) mass is 512 g/mol. The van der Waals surface area contributed by atoms with Gasteiger partial charge in [-0.15, -0.1) is 37.0 Å². The van der Waals surface area contributed by atoms with Gasteiger partial charge < -0.3 is 15.3 Å². The van der Waals surface area contributed by atoms with E-state index in [9.17, 15) is 15.3 Å². The SMILES string of the molecule is C=CCc1ccccc1[O-].C=CCc1ccccc1[O-].C=CCc1ccccc1[O-].[Ti+3][C]1=CC=CC1. The first-order valence-electron chi connectivity index (χ1n) is 11.6. The average molecular weight is 512 g/mol. The molecule has 0 spiro atoms. The van der Waals surface area contributed by atoms with Gasteiger partial charge in [-0.1, -0.05) is 108 Å². The molecule has 1 aliphatic carbocycles. The number of para-hydroxylation sites is 3. The van der Waals surface area contributed by atoms with Crippen LogP contribution in [0.3, 0.4) is 0 Å². The van der Waals surface area contributed by atoms with E-state index in [1.54, 1.807) is 54.6 Å². The summed E-state index contributed by atoms with van der Waals surface area (Å²) in [6, 6.07) is 21.0. The number of benzene rings is 3. The van der Waals surface area contributed by atoms with Crippen molar-refractivity contribution in [1.29, 1.82) is 0 Å². The van der Waals surface area contributed by atoms with Crippen LogP contribution in [0.15, 0.2) is 133 Å². The Labute approximate surface area is 227 Å². The molecule has 0 saturated carbocycles. The van der Waals surface area contributed by atoms with Gasteiger partial charge in [0.15, 0.2) is 0 Å². The van der Waals surface area contributed by atoms with Crippen molar-refractivity contribution in [2.75, 3.05) is 0 Å². The van der Waals surface area contributed by atoms with Crippen LogP contribution in [0.5, 0.6) is 17.2 Å². The van der Waals surface area contributed by atoms with Gasteiger partial charge in [-0.2, -0.15) is 0 Å². The average Bonchev–Trinajstić information content (AvgIpc) is 3.36. The van der Waals surface area contributed by atoms with Gasteiger partial charge in [-0.3, -0.25) is 0 Å². The van der Waals surface area contributed by atoms with Gasteiger partial charge in [-0.25, -0.2) is 0 Å². The van der Waals surface area contributed by atoms with Crippen LogP contribution in [-0.4, -0.2) is 0 Å². The van der Waals surface area contributed by atoms with E-state index in [4.69, 9.17) is 0 Å². The maximum absolute atomic E-state index is 11.0. The Morgan fingerprint density at radius 2 is 0.944 bits per heavy atom. The van der Waals surface area contributed by atoms with Crippen molar-refractivity contribution in [3.63, 3.8) is 0 Å². The molecule has 0 bridgehead atoms. The number of hydrogen-bond acceptors (Lipinski definition) is 3. The van der Waals surface area contributed by atoms with Crippen LogP contribution in [0.4, 0.5) is 0 Å². The molecule has 0 aromatic heterocycles. The molecule has 0 atom stereocenters. The fourth-order valence-electron chi connectivity index (χ4n) is 2.93. The molecule has 0 saturated heterocycles. The molecular weight excluding hydrogens is 480 g/mol. The molecule has 0 amide bonds. The topological polar surface area (TPSA) is 69.2 Å². The molecular formula is C32H32O3Ti. The number of hydrogen-bond donors (Lipinski definition) is 0. The molecule has 0 aliphatic heterocycles. The summed E-state index contributed by atoms with van der Waals surface area (Å²) in [5, 5.41) is 32.9. The van der Waals surface area contributed by atoms with Crippen LogP contribution in [0.25, 0.3) is 0 Å². The van der Waals surface area contributed by atoms with Gasteiger partial charge in [0.2, 0.25) is 0 Å². The normalized spacial score (nSPS) is 10.8. The molecule has 4 rings (SSSR count). The molecule has 3 nitrogen and oxygen atoms in total. The second-order valence-electron chi connectivity index (χ2n) is 7.63. The third-order valence-electron chi connectivity index (χ3n) is 4.78. The summed E-state index contributed by atoms with van der Waals surface area (Å²) in [6.45, 7) is 10.7. The van der Waals surface area contributed by atoms with Crippen molar-refractivity contribution < 1.29 is 35.8 Å². The van der Waals surface area contributed by atoms with Gasteiger partial charge in [-0.05, 0) is 19.3 Å². The Bertz CT molecular complexity index is 1020. The summed E-state index contributed by atoms with van der Waals surface area (Å²) in [5.74, 6) is 0.298. The number of rotatable bonds is 6. The summed E-state index contributed by atoms with van der Waals surface area (Å²) < 4.78 is 1.47. The first-order chi connectivity index (χ1) is 17.4. The Morgan fingerprint density at radius 1 is 0.611 bits per heavy atom. The Balaban J connectivity index is 0.000000244. The van der Waals surface area contributed by atoms with Gasteiger partial charge in [0.25, 0.3) is 0 Å². The fourth-order valence-corrected chi connectivity index (χ4v) is 3.27. The van der Waals surface area contributed by atoms with Crippen molar-refractivity contribution >= 4 is 0 Å². The van der Waals surface area contributed by atoms with Gasteiger partial charge in [0.1, 0.15) is 0 Å². The van der Waals surface area contributed by atoms with Crippen molar-refractivity contribution in [1.82, 2.24) is 0 Å². The van der Waals surface area contributed by atoms with Crippen molar-refractivity contribution in [3.8, 4) is 17.2 Å². The van der Waals surface area contributed by atoms with E-state index in [0.717, 1.165) is 16.7 Å². The standard InChI is InChI=1S/3C9H10O.C5H5.Ti/c3*1-2-5-8-6-3-4-7-9(8)10;1-2-4-5-3-1;/h3*2-4,6-7,10H,1,5H2;1-3H,4H2;/q;;;;+3/p-3. The molecule has 3 aromatic rings. The Morgan fingerprint density at radius 3 is 1.14 bits per heavy atom. The zero-order valence-electron chi connectivity index (χ0n) is 20.6. The summed E-state index contributed by atoms with van der Waals surface area (Å²) in [6.07, 6.45) is 14.8. The van der Waals surface area contributed by atoms with E-state index in [1.165, 1.54) is 10.3 Å². The predicted molar refractivity (Wildman–Crippen MR) is 141 cm³/mol. The minimum atomic E-state index is 0.0994. The zero-order valence-corrected chi connectivity index (χ0v) is 22.1. The molecule has 4 heteroatoms. The second-order valence-corrected chi connectivity index (χ2v) is 8.63. The molecule has 3 aromatic carbocycles. The summed E-state index contributed by atoms with van der Waals surface area (Å²) in [7, 11) is 0. The Kier molecular flexibility index (Phi) is 15.9. The van der Waals surface area contributed by atoms with Crippen LogP contribution in [0.2, 0.25) is 0 Å². The molecule has 0 N–H and O–H groups in total. The van der Waals surface area contributed by atoms with E-state index >= 15 is 0 Å². The third-order valence-corrected chi connectivity index (χ3v) is 5.36. The molecule has 0 unspecified atom stereocenters. The van der Waals surface area contributed by atoms with Crippen LogP contribution in [0, 0.1) is 0 Å². The van der Waals surface area contributed by atoms with Gasteiger partial charge in [0, 0.05) is 0 Å². The van der Waals surface area contributed by atoms with Crippen molar-refractivity contribution in [3.05, 3.63) is 150 Å². The van der Waals surface area contributed by atoms with E-state index in [-0.39, 0.29) is 17.2 Å². The van der Waals surface area contributed by atoms with E-state index in [2.05, 4.69) is 58.4 Å². The van der Waals surface area contributed by atoms with Crippen molar-refractivity contribution in [2.45, 2.75) is 25.7 Å². The summed E-state index contributed by atoms with van der Waals surface area (Å²) >= 11 is 2.14. The van der Waals surface area contributed by atoms with Crippen LogP contribution >= 0.6 is 0 Å². The molecule has 1 aliphatic rings. The molecule has 0 radical (unpaired) electrons. The van der Waals surface area contributed by atoms with E-state index < -0.39 is 0 Å². The second kappa shape index (κ2) is 18.8. The zero-order chi connectivity index (χ0) is 26.6. The number of allylic oxidation sites excluding steroid dienone is 7. The molecule has 182 valence electrons. The van der Waals surface area contributed by atoms with Crippen LogP contribution in [-0.2, 0) is 39.7 Å². The maximum atomic E-state index is 11.0. The molecule has 36 heavy (non-hydrogen) atoms. The Hall–Kier alpha value is -3.53. The molecule has 0 heterocycles. The van der Waals surface area contributed by atoms with E-state index in [1.807, 2.05) is 36.4 Å². The first kappa shape index (κ1) is 30.5. The summed E-state index contributed by atoms with van der Waals surface area (Å²) in [5.41, 5.74) is 2.45. The minimum absolute atomic E-state index is 0.0994. The predicted octanol–water partition coefficient (Wildman–Crippen LogP) is 5.84. The molecule has 0 fully saturated rings. The van der Waals surface area contributed by atoms with Crippen LogP contribution in [0.1, 0.15) is 23.1 Å². The third kappa shape index (κ3) is 12.8. The van der Waals surface area contributed by atoms with E-state index in [0.29, 0.717) is 19.3 Å². The van der Waals surface area contributed by atoms with Crippen molar-refractivity contribution in [2.24, 2.45) is 0 Å². The van der Waals surface area contributed by atoms with Gasteiger partial charge >= 0.3 is 49.0 Å².